The van der Waals surface area contributed by atoms with Crippen molar-refractivity contribution in [3.63, 3.8) is 0 Å². The standard InChI is InChI=1S/C13H20N2O2S/c1-4-13(5-2)6-7-15(8-13)12-14-9(3)10(18-12)11(16)17/h4-8H2,1-3H3,(H,16,17). The first-order chi connectivity index (χ1) is 8.51. The number of anilines is 1. The fourth-order valence-electron chi connectivity index (χ4n) is 2.64. The molecule has 0 aliphatic carbocycles. The molecule has 4 nitrogen and oxygen atoms in total. The minimum atomic E-state index is -0.868. The first kappa shape index (κ1) is 13.3. The number of carboxylic acids is 1. The van der Waals surface area contributed by atoms with Gasteiger partial charge in [0.1, 0.15) is 4.88 Å². The molecule has 18 heavy (non-hydrogen) atoms. The summed E-state index contributed by atoms with van der Waals surface area (Å²) in [4.78, 5) is 18.1. The number of hydrogen-bond acceptors (Lipinski definition) is 4. The largest absolute Gasteiger partial charge is 0.477 e. The van der Waals surface area contributed by atoms with Crippen molar-refractivity contribution in [2.24, 2.45) is 5.41 Å². The lowest BCUT2D eigenvalue weighted by atomic mass is 9.82. The van der Waals surface area contributed by atoms with Crippen molar-refractivity contribution in [3.05, 3.63) is 10.6 Å². The molecule has 1 aromatic rings. The van der Waals surface area contributed by atoms with E-state index in [-0.39, 0.29) is 0 Å². The van der Waals surface area contributed by atoms with Gasteiger partial charge in [0.15, 0.2) is 5.13 Å². The van der Waals surface area contributed by atoms with Crippen molar-refractivity contribution in [1.82, 2.24) is 4.98 Å². The van der Waals surface area contributed by atoms with Crippen LogP contribution in [0.15, 0.2) is 0 Å². The Hall–Kier alpha value is -1.10. The van der Waals surface area contributed by atoms with Crippen LogP contribution in [0.3, 0.4) is 0 Å². The van der Waals surface area contributed by atoms with Crippen LogP contribution in [0.4, 0.5) is 5.13 Å². The van der Waals surface area contributed by atoms with E-state index in [0.29, 0.717) is 16.0 Å². The van der Waals surface area contributed by atoms with Crippen LogP contribution in [-0.4, -0.2) is 29.1 Å². The number of aryl methyl sites for hydroxylation is 1. The summed E-state index contributed by atoms with van der Waals surface area (Å²) in [7, 11) is 0. The van der Waals surface area contributed by atoms with Crippen molar-refractivity contribution in [2.45, 2.75) is 40.0 Å². The van der Waals surface area contributed by atoms with Crippen LogP contribution in [-0.2, 0) is 0 Å². The summed E-state index contributed by atoms with van der Waals surface area (Å²) in [5, 5.41) is 9.94. The van der Waals surface area contributed by atoms with Crippen molar-refractivity contribution in [3.8, 4) is 0 Å². The van der Waals surface area contributed by atoms with Crippen molar-refractivity contribution in [1.29, 1.82) is 0 Å². The zero-order chi connectivity index (χ0) is 13.3. The minimum Gasteiger partial charge on any atom is -0.477 e. The van der Waals surface area contributed by atoms with Crippen molar-refractivity contribution < 1.29 is 9.90 Å². The van der Waals surface area contributed by atoms with E-state index in [4.69, 9.17) is 5.11 Å². The Morgan fingerprint density at radius 2 is 2.17 bits per heavy atom. The van der Waals surface area contributed by atoms with Crippen molar-refractivity contribution >= 4 is 22.4 Å². The summed E-state index contributed by atoms with van der Waals surface area (Å²) in [5.74, 6) is -0.868. The molecule has 1 saturated heterocycles. The molecular formula is C13H20N2O2S. The van der Waals surface area contributed by atoms with Crippen LogP contribution >= 0.6 is 11.3 Å². The van der Waals surface area contributed by atoms with Gasteiger partial charge in [-0.3, -0.25) is 0 Å². The van der Waals surface area contributed by atoms with Crippen LogP contribution in [0.25, 0.3) is 0 Å². The second-order valence-corrected chi connectivity index (χ2v) is 6.07. The normalized spacial score (nSPS) is 18.3. The lowest BCUT2D eigenvalue weighted by Crippen LogP contribution is -2.25. The van der Waals surface area contributed by atoms with E-state index < -0.39 is 5.97 Å². The maximum Gasteiger partial charge on any atom is 0.347 e. The second kappa shape index (κ2) is 4.88. The average molecular weight is 268 g/mol. The summed E-state index contributed by atoms with van der Waals surface area (Å²) in [6, 6.07) is 0. The number of hydrogen-bond donors (Lipinski definition) is 1. The van der Waals surface area contributed by atoms with Gasteiger partial charge in [-0.25, -0.2) is 9.78 Å². The fraction of sp³-hybridized carbons (Fsp3) is 0.692. The van der Waals surface area contributed by atoms with Crippen LogP contribution in [0.5, 0.6) is 0 Å². The Balaban J connectivity index is 2.19. The van der Waals surface area contributed by atoms with E-state index in [1.807, 2.05) is 0 Å². The predicted octanol–water partition coefficient (Wildman–Crippen LogP) is 3.17. The molecule has 0 unspecified atom stereocenters. The van der Waals surface area contributed by atoms with E-state index >= 15 is 0 Å². The Morgan fingerprint density at radius 1 is 1.50 bits per heavy atom. The van der Waals surface area contributed by atoms with Gasteiger partial charge >= 0.3 is 5.97 Å². The zero-order valence-electron chi connectivity index (χ0n) is 11.2. The third-order valence-electron chi connectivity index (χ3n) is 4.19. The highest BCUT2D eigenvalue weighted by molar-refractivity contribution is 7.17. The number of nitrogens with zero attached hydrogens (tertiary/aromatic N) is 2. The minimum absolute atomic E-state index is 0.371. The number of carboxylic acid groups (broad SMARTS) is 1. The molecule has 100 valence electrons. The van der Waals surface area contributed by atoms with Crippen LogP contribution < -0.4 is 4.90 Å². The monoisotopic (exact) mass is 268 g/mol. The summed E-state index contributed by atoms with van der Waals surface area (Å²) < 4.78 is 0. The molecule has 2 rings (SSSR count). The smallest absolute Gasteiger partial charge is 0.347 e. The third kappa shape index (κ3) is 2.23. The van der Waals surface area contributed by atoms with Gasteiger partial charge in [-0.15, -0.1) is 0 Å². The number of aromatic carboxylic acids is 1. The maximum absolute atomic E-state index is 11.0. The maximum atomic E-state index is 11.0. The Labute approximate surface area is 112 Å². The Kier molecular flexibility index (Phi) is 3.61. The molecule has 0 amide bonds. The number of thiazole rings is 1. The second-order valence-electron chi connectivity index (χ2n) is 5.09. The lowest BCUT2D eigenvalue weighted by molar-refractivity contribution is 0.0701. The Morgan fingerprint density at radius 3 is 2.61 bits per heavy atom. The lowest BCUT2D eigenvalue weighted by Gasteiger charge is -2.26. The van der Waals surface area contributed by atoms with Gasteiger partial charge in [0.2, 0.25) is 0 Å². The highest BCUT2D eigenvalue weighted by Crippen LogP contribution is 2.40. The van der Waals surface area contributed by atoms with E-state index in [1.54, 1.807) is 6.92 Å². The average Bonchev–Trinajstić information content (AvgIpc) is 2.93. The first-order valence-electron chi connectivity index (χ1n) is 6.47. The predicted molar refractivity (Wildman–Crippen MR) is 73.7 cm³/mol. The van der Waals surface area contributed by atoms with Gasteiger partial charge < -0.3 is 10.0 Å². The molecule has 2 heterocycles. The van der Waals surface area contributed by atoms with E-state index in [0.717, 1.165) is 18.2 Å². The number of rotatable bonds is 4. The molecule has 0 bridgehead atoms. The molecule has 0 radical (unpaired) electrons. The van der Waals surface area contributed by atoms with E-state index in [1.165, 1.54) is 30.6 Å². The topological polar surface area (TPSA) is 53.4 Å². The molecule has 0 atom stereocenters. The van der Waals surface area contributed by atoms with Gasteiger partial charge in [0, 0.05) is 13.1 Å². The summed E-state index contributed by atoms with van der Waals surface area (Å²) in [6.07, 6.45) is 3.54. The van der Waals surface area contributed by atoms with Gasteiger partial charge in [-0.1, -0.05) is 25.2 Å². The van der Waals surface area contributed by atoms with Gasteiger partial charge in [-0.05, 0) is 31.6 Å². The van der Waals surface area contributed by atoms with Crippen LogP contribution in [0, 0.1) is 12.3 Å². The molecule has 0 saturated carbocycles. The third-order valence-corrected chi connectivity index (χ3v) is 5.39. The molecule has 5 heteroatoms. The van der Waals surface area contributed by atoms with Gasteiger partial charge in [0.05, 0.1) is 5.69 Å². The molecule has 1 aliphatic rings. The number of carbonyl (C=O) groups is 1. The van der Waals surface area contributed by atoms with E-state index in [2.05, 4.69) is 23.7 Å². The SMILES string of the molecule is CCC1(CC)CCN(c2nc(C)c(C(=O)O)s2)C1. The molecule has 0 spiro atoms. The first-order valence-corrected chi connectivity index (χ1v) is 7.28. The number of aromatic nitrogens is 1. The van der Waals surface area contributed by atoms with Gasteiger partial charge in [-0.2, -0.15) is 0 Å². The van der Waals surface area contributed by atoms with E-state index in [9.17, 15) is 4.79 Å². The molecule has 1 aromatic heterocycles. The molecule has 1 fully saturated rings. The highest BCUT2D eigenvalue weighted by atomic mass is 32.1. The summed E-state index contributed by atoms with van der Waals surface area (Å²) in [5.41, 5.74) is 1.02. The molecule has 1 aliphatic heterocycles. The quantitative estimate of drug-likeness (QED) is 0.911. The molecule has 1 N–H and O–H groups in total. The molecular weight excluding hydrogens is 248 g/mol. The highest BCUT2D eigenvalue weighted by Gasteiger charge is 2.36. The van der Waals surface area contributed by atoms with Gasteiger partial charge in [0.25, 0.3) is 0 Å². The van der Waals surface area contributed by atoms with Crippen molar-refractivity contribution in [2.75, 3.05) is 18.0 Å². The fourth-order valence-corrected chi connectivity index (χ4v) is 3.57. The zero-order valence-corrected chi connectivity index (χ0v) is 12.0. The van der Waals surface area contributed by atoms with Crippen LogP contribution in [0.1, 0.15) is 48.5 Å². The summed E-state index contributed by atoms with van der Waals surface area (Å²) >= 11 is 1.30. The van der Waals surface area contributed by atoms with Crippen LogP contribution in [0.2, 0.25) is 0 Å². The molecule has 0 aromatic carbocycles. The Bertz CT molecular complexity index is 452. The summed E-state index contributed by atoms with van der Waals surface area (Å²) in [6.45, 7) is 8.25.